The van der Waals surface area contributed by atoms with Gasteiger partial charge < -0.3 is 15.2 Å². The lowest BCUT2D eigenvalue weighted by Crippen LogP contribution is -2.30. The fourth-order valence-electron chi connectivity index (χ4n) is 0.904. The summed E-state index contributed by atoms with van der Waals surface area (Å²) in [5, 5.41) is 0. The van der Waals surface area contributed by atoms with Crippen molar-refractivity contribution >= 4 is 18.4 Å². The van der Waals surface area contributed by atoms with Crippen molar-refractivity contribution in [1.29, 1.82) is 0 Å². The van der Waals surface area contributed by atoms with Gasteiger partial charge in [0.25, 0.3) is 0 Å². The SMILES string of the molecule is COc1ccccc1OC(=O)[C@H](C)N.Cl. The van der Waals surface area contributed by atoms with Crippen molar-refractivity contribution in [1.82, 2.24) is 0 Å². The van der Waals surface area contributed by atoms with Gasteiger partial charge in [-0.05, 0) is 19.1 Å². The molecule has 84 valence electrons. The van der Waals surface area contributed by atoms with Crippen LogP contribution in [0.3, 0.4) is 0 Å². The van der Waals surface area contributed by atoms with E-state index in [0.717, 1.165) is 0 Å². The Bertz CT molecular complexity index is 328. The number of hydrogen-bond donors (Lipinski definition) is 1. The minimum absolute atomic E-state index is 0. The van der Waals surface area contributed by atoms with Gasteiger partial charge in [0.2, 0.25) is 0 Å². The molecule has 1 atom stereocenters. The highest BCUT2D eigenvalue weighted by atomic mass is 35.5. The predicted molar refractivity (Wildman–Crippen MR) is 59.5 cm³/mol. The Hall–Kier alpha value is -1.26. The van der Waals surface area contributed by atoms with E-state index in [9.17, 15) is 4.79 Å². The first-order valence-corrected chi connectivity index (χ1v) is 4.25. The van der Waals surface area contributed by atoms with Crippen molar-refractivity contribution in [2.24, 2.45) is 5.73 Å². The van der Waals surface area contributed by atoms with E-state index in [1.54, 1.807) is 31.2 Å². The summed E-state index contributed by atoms with van der Waals surface area (Å²) in [4.78, 5) is 11.2. The minimum atomic E-state index is -0.639. The van der Waals surface area contributed by atoms with Gasteiger partial charge in [-0.25, -0.2) is 4.79 Å². The molecule has 0 aliphatic rings. The molecule has 0 radical (unpaired) electrons. The normalized spacial score (nSPS) is 11.1. The zero-order valence-electron chi connectivity index (χ0n) is 8.60. The van der Waals surface area contributed by atoms with Crippen molar-refractivity contribution < 1.29 is 14.3 Å². The Kier molecular flexibility index (Phi) is 5.74. The van der Waals surface area contributed by atoms with Crippen LogP contribution in [0.5, 0.6) is 11.5 Å². The Labute approximate surface area is 94.8 Å². The highest BCUT2D eigenvalue weighted by molar-refractivity contribution is 5.85. The summed E-state index contributed by atoms with van der Waals surface area (Å²) in [5.74, 6) is 0.424. The minimum Gasteiger partial charge on any atom is -0.493 e. The molecule has 1 rings (SSSR count). The Balaban J connectivity index is 0.00000196. The molecule has 0 amide bonds. The van der Waals surface area contributed by atoms with E-state index >= 15 is 0 Å². The number of para-hydroxylation sites is 2. The number of nitrogens with two attached hydrogens (primary N) is 1. The van der Waals surface area contributed by atoms with Gasteiger partial charge in [-0.1, -0.05) is 12.1 Å². The Morgan fingerprint density at radius 2 is 1.87 bits per heavy atom. The van der Waals surface area contributed by atoms with E-state index in [-0.39, 0.29) is 12.4 Å². The molecule has 2 N–H and O–H groups in total. The van der Waals surface area contributed by atoms with Crippen molar-refractivity contribution in [3.05, 3.63) is 24.3 Å². The summed E-state index contributed by atoms with van der Waals surface area (Å²) in [6, 6.07) is 6.27. The van der Waals surface area contributed by atoms with Crippen LogP contribution in [0, 0.1) is 0 Å². The van der Waals surface area contributed by atoms with Gasteiger partial charge in [0.05, 0.1) is 7.11 Å². The molecule has 4 nitrogen and oxygen atoms in total. The first-order chi connectivity index (χ1) is 6.65. The van der Waals surface area contributed by atoms with Gasteiger partial charge >= 0.3 is 5.97 Å². The zero-order valence-corrected chi connectivity index (χ0v) is 9.41. The van der Waals surface area contributed by atoms with Crippen LogP contribution in [0.15, 0.2) is 24.3 Å². The van der Waals surface area contributed by atoms with Gasteiger partial charge in [-0.15, -0.1) is 12.4 Å². The number of esters is 1. The highest BCUT2D eigenvalue weighted by Crippen LogP contribution is 2.25. The third-order valence-corrected chi connectivity index (χ3v) is 1.65. The van der Waals surface area contributed by atoms with Crippen LogP contribution in [0.1, 0.15) is 6.92 Å². The molecule has 0 heterocycles. The van der Waals surface area contributed by atoms with Crippen LogP contribution in [0.25, 0.3) is 0 Å². The first kappa shape index (κ1) is 13.7. The maximum Gasteiger partial charge on any atom is 0.328 e. The van der Waals surface area contributed by atoms with Crippen molar-refractivity contribution in [3.63, 3.8) is 0 Å². The van der Waals surface area contributed by atoms with Crippen LogP contribution < -0.4 is 15.2 Å². The lowest BCUT2D eigenvalue weighted by atomic mass is 10.3. The van der Waals surface area contributed by atoms with Crippen molar-refractivity contribution in [2.75, 3.05) is 7.11 Å². The quantitative estimate of drug-likeness (QED) is 0.631. The molecule has 0 aliphatic heterocycles. The van der Waals surface area contributed by atoms with E-state index in [0.29, 0.717) is 11.5 Å². The van der Waals surface area contributed by atoms with Crippen LogP contribution in [-0.4, -0.2) is 19.1 Å². The van der Waals surface area contributed by atoms with Gasteiger partial charge in [0.1, 0.15) is 6.04 Å². The third-order valence-electron chi connectivity index (χ3n) is 1.65. The molecule has 0 aromatic heterocycles. The second kappa shape index (κ2) is 6.27. The van der Waals surface area contributed by atoms with E-state index in [2.05, 4.69) is 0 Å². The van der Waals surface area contributed by atoms with Crippen LogP contribution in [0.4, 0.5) is 0 Å². The lowest BCUT2D eigenvalue weighted by molar-refractivity contribution is -0.135. The van der Waals surface area contributed by atoms with Gasteiger partial charge in [0, 0.05) is 0 Å². The molecule has 15 heavy (non-hydrogen) atoms. The predicted octanol–water partition coefficient (Wildman–Crippen LogP) is 1.37. The summed E-state index contributed by atoms with van der Waals surface area (Å²) in [7, 11) is 1.51. The standard InChI is InChI=1S/C10H13NO3.ClH/c1-7(11)10(12)14-9-6-4-3-5-8(9)13-2;/h3-7H,11H2,1-2H3;1H/t7-;/m0./s1. The Morgan fingerprint density at radius 3 is 2.33 bits per heavy atom. The number of halogens is 1. The molecule has 0 fully saturated rings. The van der Waals surface area contributed by atoms with Gasteiger partial charge in [-0.3, -0.25) is 0 Å². The molecule has 1 aromatic rings. The molecule has 0 unspecified atom stereocenters. The molecule has 0 bridgehead atoms. The summed E-state index contributed by atoms with van der Waals surface area (Å²) < 4.78 is 10.0. The van der Waals surface area contributed by atoms with Crippen molar-refractivity contribution in [3.8, 4) is 11.5 Å². The maximum atomic E-state index is 11.2. The van der Waals surface area contributed by atoms with Crippen LogP contribution in [0.2, 0.25) is 0 Å². The number of hydrogen-bond acceptors (Lipinski definition) is 4. The van der Waals surface area contributed by atoms with Crippen LogP contribution >= 0.6 is 12.4 Å². The first-order valence-electron chi connectivity index (χ1n) is 4.25. The lowest BCUT2D eigenvalue weighted by Gasteiger charge is -2.09. The molecule has 5 heteroatoms. The smallest absolute Gasteiger partial charge is 0.328 e. The number of methoxy groups -OCH3 is 1. The molecular weight excluding hydrogens is 218 g/mol. The topological polar surface area (TPSA) is 61.5 Å². The monoisotopic (exact) mass is 231 g/mol. The number of carbonyl (C=O) groups is 1. The van der Waals surface area contributed by atoms with E-state index < -0.39 is 12.0 Å². The molecule has 0 saturated heterocycles. The highest BCUT2D eigenvalue weighted by Gasteiger charge is 2.12. The number of rotatable bonds is 3. The maximum absolute atomic E-state index is 11.2. The molecule has 1 aromatic carbocycles. The second-order valence-corrected chi connectivity index (χ2v) is 2.86. The summed E-state index contributed by atoms with van der Waals surface area (Å²) in [6.45, 7) is 1.57. The molecule has 0 aliphatic carbocycles. The van der Waals surface area contributed by atoms with E-state index in [4.69, 9.17) is 15.2 Å². The van der Waals surface area contributed by atoms with Crippen molar-refractivity contribution in [2.45, 2.75) is 13.0 Å². The number of carbonyl (C=O) groups excluding carboxylic acids is 1. The Morgan fingerprint density at radius 1 is 1.33 bits per heavy atom. The van der Waals surface area contributed by atoms with Gasteiger partial charge in [-0.2, -0.15) is 0 Å². The second-order valence-electron chi connectivity index (χ2n) is 2.86. The van der Waals surface area contributed by atoms with Gasteiger partial charge in [0.15, 0.2) is 11.5 Å². The fraction of sp³-hybridized carbons (Fsp3) is 0.300. The van der Waals surface area contributed by atoms with E-state index in [1.807, 2.05) is 0 Å². The average molecular weight is 232 g/mol. The van der Waals surface area contributed by atoms with E-state index in [1.165, 1.54) is 7.11 Å². The summed E-state index contributed by atoms with van der Waals surface area (Å²) >= 11 is 0. The largest absolute Gasteiger partial charge is 0.493 e. The number of benzene rings is 1. The average Bonchev–Trinajstić information content (AvgIpc) is 2.18. The molecular formula is C10H14ClNO3. The molecule has 0 saturated carbocycles. The van der Waals surface area contributed by atoms with Crippen LogP contribution in [-0.2, 0) is 4.79 Å². The summed E-state index contributed by atoms with van der Waals surface area (Å²) in [6.07, 6.45) is 0. The fourth-order valence-corrected chi connectivity index (χ4v) is 0.904. The molecule has 0 spiro atoms. The zero-order chi connectivity index (χ0) is 10.6. The number of ether oxygens (including phenoxy) is 2. The summed E-state index contributed by atoms with van der Waals surface area (Å²) in [5.41, 5.74) is 5.36. The third kappa shape index (κ3) is 3.77.